The molecule has 2 saturated heterocycles. The number of benzene rings is 1. The number of carbonyl (C=O) groups is 2. The van der Waals surface area contributed by atoms with Crippen LogP contribution in [0.3, 0.4) is 0 Å². The zero-order valence-corrected chi connectivity index (χ0v) is 14.6. The van der Waals surface area contributed by atoms with Crippen LogP contribution in [0.2, 0.25) is 0 Å². The molecule has 25 heavy (non-hydrogen) atoms. The SMILES string of the molecule is CCc1cc(N2CCN3C(=O)N(CC)C(=O)C3C2)c2ccccc2n1. The summed E-state index contributed by atoms with van der Waals surface area (Å²) in [4.78, 5) is 34.9. The Morgan fingerprint density at radius 1 is 1.16 bits per heavy atom. The lowest BCUT2D eigenvalue weighted by atomic mass is 10.1. The third-order valence-electron chi connectivity index (χ3n) is 5.17. The average Bonchev–Trinajstić information content (AvgIpc) is 2.90. The molecule has 0 saturated carbocycles. The minimum Gasteiger partial charge on any atom is -0.367 e. The Hall–Kier alpha value is -2.63. The number of aromatic nitrogens is 1. The number of para-hydroxylation sites is 1. The van der Waals surface area contributed by atoms with E-state index in [1.165, 1.54) is 4.90 Å². The fourth-order valence-electron chi connectivity index (χ4n) is 3.82. The van der Waals surface area contributed by atoms with Crippen molar-refractivity contribution in [1.82, 2.24) is 14.8 Å². The Labute approximate surface area is 147 Å². The summed E-state index contributed by atoms with van der Waals surface area (Å²) in [6, 6.07) is 9.70. The molecule has 2 aliphatic rings. The van der Waals surface area contributed by atoms with Crippen molar-refractivity contribution in [2.24, 2.45) is 0 Å². The molecule has 0 bridgehead atoms. The predicted octanol–water partition coefficient (Wildman–Crippen LogP) is 2.27. The number of fused-ring (bicyclic) bond motifs is 2. The van der Waals surface area contributed by atoms with Crippen molar-refractivity contribution in [3.05, 3.63) is 36.0 Å². The van der Waals surface area contributed by atoms with Gasteiger partial charge in [-0.25, -0.2) is 4.79 Å². The minimum atomic E-state index is -0.377. The van der Waals surface area contributed by atoms with E-state index in [1.807, 2.05) is 25.1 Å². The lowest BCUT2D eigenvalue weighted by Crippen LogP contribution is -2.53. The molecular weight excluding hydrogens is 316 g/mol. The maximum absolute atomic E-state index is 12.6. The van der Waals surface area contributed by atoms with Crippen molar-refractivity contribution in [2.75, 3.05) is 31.1 Å². The number of likely N-dealkylation sites (N-methyl/N-ethyl adjacent to an activating group) is 1. The molecule has 2 fully saturated rings. The first-order chi connectivity index (χ1) is 12.1. The largest absolute Gasteiger partial charge is 0.367 e. The molecule has 0 spiro atoms. The summed E-state index contributed by atoms with van der Waals surface area (Å²) in [5.74, 6) is -0.0775. The van der Waals surface area contributed by atoms with Crippen LogP contribution in [0.5, 0.6) is 0 Å². The molecule has 1 aromatic carbocycles. The lowest BCUT2D eigenvalue weighted by molar-refractivity contribution is -0.128. The van der Waals surface area contributed by atoms with Gasteiger partial charge in [-0.15, -0.1) is 0 Å². The molecule has 3 amide bonds. The highest BCUT2D eigenvalue weighted by Gasteiger charge is 2.47. The van der Waals surface area contributed by atoms with E-state index in [0.29, 0.717) is 19.6 Å². The Balaban J connectivity index is 1.71. The van der Waals surface area contributed by atoms with Gasteiger partial charge in [0.05, 0.1) is 5.52 Å². The first-order valence-corrected chi connectivity index (χ1v) is 8.89. The van der Waals surface area contributed by atoms with Gasteiger partial charge in [0, 0.05) is 42.9 Å². The maximum Gasteiger partial charge on any atom is 0.327 e. The van der Waals surface area contributed by atoms with Gasteiger partial charge in [-0.05, 0) is 25.5 Å². The topological polar surface area (TPSA) is 56.8 Å². The first kappa shape index (κ1) is 15.9. The van der Waals surface area contributed by atoms with Gasteiger partial charge >= 0.3 is 6.03 Å². The number of hydrogen-bond acceptors (Lipinski definition) is 4. The highest BCUT2D eigenvalue weighted by Crippen LogP contribution is 2.31. The third-order valence-corrected chi connectivity index (χ3v) is 5.17. The molecule has 2 aromatic rings. The van der Waals surface area contributed by atoms with Gasteiger partial charge in [-0.3, -0.25) is 14.7 Å². The first-order valence-electron chi connectivity index (χ1n) is 8.89. The minimum absolute atomic E-state index is 0.0775. The van der Waals surface area contributed by atoms with Crippen LogP contribution in [-0.2, 0) is 11.2 Å². The molecule has 1 atom stereocenters. The molecule has 1 aromatic heterocycles. The molecule has 0 N–H and O–H groups in total. The summed E-state index contributed by atoms with van der Waals surface area (Å²) in [5, 5.41) is 1.09. The molecule has 6 heteroatoms. The fourth-order valence-corrected chi connectivity index (χ4v) is 3.82. The average molecular weight is 338 g/mol. The standard InChI is InChI=1S/C19H22N4O2/c1-3-13-11-16(14-7-5-6-8-15(14)20-13)21-9-10-23-17(12-21)18(24)22(4-2)19(23)25/h5-8,11,17H,3-4,9-10,12H2,1-2H3. The Bertz CT molecular complexity index is 850. The van der Waals surface area contributed by atoms with Crippen molar-refractivity contribution in [2.45, 2.75) is 26.3 Å². The van der Waals surface area contributed by atoms with Gasteiger partial charge in [0.1, 0.15) is 6.04 Å². The van der Waals surface area contributed by atoms with Crippen molar-refractivity contribution in [3.8, 4) is 0 Å². The van der Waals surface area contributed by atoms with E-state index < -0.39 is 0 Å². The van der Waals surface area contributed by atoms with Gasteiger partial charge in [0.2, 0.25) is 0 Å². The van der Waals surface area contributed by atoms with Gasteiger partial charge < -0.3 is 9.80 Å². The van der Waals surface area contributed by atoms with Gasteiger partial charge in [0.15, 0.2) is 0 Å². The van der Waals surface area contributed by atoms with Crippen LogP contribution < -0.4 is 4.90 Å². The number of carbonyl (C=O) groups excluding carboxylic acids is 2. The number of amides is 3. The predicted molar refractivity (Wildman–Crippen MR) is 96.6 cm³/mol. The smallest absolute Gasteiger partial charge is 0.327 e. The van der Waals surface area contributed by atoms with E-state index in [4.69, 9.17) is 4.98 Å². The van der Waals surface area contributed by atoms with E-state index >= 15 is 0 Å². The van der Waals surface area contributed by atoms with Gasteiger partial charge in [0.25, 0.3) is 5.91 Å². The second kappa shape index (κ2) is 6.02. The van der Waals surface area contributed by atoms with E-state index in [1.54, 1.807) is 4.90 Å². The van der Waals surface area contributed by atoms with Crippen LogP contribution in [0.1, 0.15) is 19.5 Å². The molecule has 6 nitrogen and oxygen atoms in total. The summed E-state index contributed by atoms with van der Waals surface area (Å²) in [7, 11) is 0. The Kier molecular flexibility index (Phi) is 3.82. The molecule has 0 radical (unpaired) electrons. The second-order valence-corrected chi connectivity index (χ2v) is 6.52. The van der Waals surface area contributed by atoms with Crippen LogP contribution in [0.4, 0.5) is 10.5 Å². The normalized spacial score (nSPS) is 20.6. The zero-order chi connectivity index (χ0) is 17.6. The van der Waals surface area contributed by atoms with Gasteiger partial charge in [-0.2, -0.15) is 0 Å². The van der Waals surface area contributed by atoms with Crippen LogP contribution in [0.25, 0.3) is 10.9 Å². The van der Waals surface area contributed by atoms with Crippen LogP contribution in [0, 0.1) is 0 Å². The Morgan fingerprint density at radius 3 is 2.72 bits per heavy atom. The molecule has 4 rings (SSSR count). The van der Waals surface area contributed by atoms with Crippen molar-refractivity contribution in [1.29, 1.82) is 0 Å². The number of anilines is 1. The van der Waals surface area contributed by atoms with E-state index in [0.717, 1.165) is 35.2 Å². The second-order valence-electron chi connectivity index (χ2n) is 6.52. The molecule has 3 heterocycles. The number of imide groups is 1. The van der Waals surface area contributed by atoms with Crippen molar-refractivity contribution >= 4 is 28.5 Å². The number of urea groups is 1. The van der Waals surface area contributed by atoms with Crippen LogP contribution in [0.15, 0.2) is 30.3 Å². The number of nitrogens with zero attached hydrogens (tertiary/aromatic N) is 4. The third kappa shape index (κ3) is 2.44. The quantitative estimate of drug-likeness (QED) is 0.806. The molecule has 2 aliphatic heterocycles. The highest BCUT2D eigenvalue weighted by atomic mass is 16.2. The summed E-state index contributed by atoms with van der Waals surface area (Å²) < 4.78 is 0. The molecule has 1 unspecified atom stereocenters. The Morgan fingerprint density at radius 2 is 1.96 bits per heavy atom. The number of piperazine rings is 1. The summed E-state index contributed by atoms with van der Waals surface area (Å²) in [6.45, 7) is 6.21. The lowest BCUT2D eigenvalue weighted by Gasteiger charge is -2.37. The van der Waals surface area contributed by atoms with E-state index in [9.17, 15) is 9.59 Å². The van der Waals surface area contributed by atoms with Crippen LogP contribution >= 0.6 is 0 Å². The highest BCUT2D eigenvalue weighted by molar-refractivity contribution is 6.05. The number of hydrogen-bond donors (Lipinski definition) is 0. The fraction of sp³-hybridized carbons (Fsp3) is 0.421. The summed E-state index contributed by atoms with van der Waals surface area (Å²) >= 11 is 0. The van der Waals surface area contributed by atoms with Crippen LogP contribution in [-0.4, -0.2) is 58.9 Å². The van der Waals surface area contributed by atoms with Crippen molar-refractivity contribution in [3.63, 3.8) is 0 Å². The van der Waals surface area contributed by atoms with E-state index in [2.05, 4.69) is 24.0 Å². The molecule has 0 aliphatic carbocycles. The summed E-state index contributed by atoms with van der Waals surface area (Å²) in [5.41, 5.74) is 3.13. The van der Waals surface area contributed by atoms with Gasteiger partial charge in [-0.1, -0.05) is 25.1 Å². The number of rotatable bonds is 3. The summed E-state index contributed by atoms with van der Waals surface area (Å²) in [6.07, 6.45) is 0.863. The monoisotopic (exact) mass is 338 g/mol. The molecular formula is C19H22N4O2. The maximum atomic E-state index is 12.6. The molecule has 130 valence electrons. The zero-order valence-electron chi connectivity index (χ0n) is 14.6. The van der Waals surface area contributed by atoms with Crippen molar-refractivity contribution < 1.29 is 9.59 Å². The number of aryl methyl sites for hydroxylation is 1. The number of pyridine rings is 1. The van der Waals surface area contributed by atoms with E-state index in [-0.39, 0.29) is 18.0 Å².